The Hall–Kier alpha value is -2.88. The van der Waals surface area contributed by atoms with E-state index in [4.69, 9.17) is 0 Å². The van der Waals surface area contributed by atoms with Crippen molar-refractivity contribution in [3.8, 4) is 11.1 Å². The molecule has 1 aromatic heterocycles. The molecular weight excluding hydrogens is 310 g/mol. The highest BCUT2D eigenvalue weighted by atomic mass is 16.2. The predicted molar refractivity (Wildman–Crippen MR) is 103 cm³/mol. The SMILES string of the molecule is CNc1ccc(C)c(-c2ccc3cc(NC(=O)C4CC4)ncc3c2)c1. The summed E-state index contributed by atoms with van der Waals surface area (Å²) in [5, 5.41) is 8.24. The summed E-state index contributed by atoms with van der Waals surface area (Å²) in [5.41, 5.74) is 4.70. The Morgan fingerprint density at radius 2 is 1.92 bits per heavy atom. The van der Waals surface area contributed by atoms with Crippen molar-refractivity contribution >= 4 is 28.2 Å². The lowest BCUT2D eigenvalue weighted by Crippen LogP contribution is -2.14. The molecule has 2 N–H and O–H groups in total. The number of rotatable bonds is 4. The summed E-state index contributed by atoms with van der Waals surface area (Å²) in [7, 11) is 1.93. The van der Waals surface area contributed by atoms with Crippen molar-refractivity contribution in [3.63, 3.8) is 0 Å². The molecule has 4 nitrogen and oxygen atoms in total. The molecule has 0 saturated heterocycles. The van der Waals surface area contributed by atoms with Gasteiger partial charge in [0.2, 0.25) is 5.91 Å². The van der Waals surface area contributed by atoms with Crippen LogP contribution in [-0.2, 0) is 4.79 Å². The first-order valence-corrected chi connectivity index (χ1v) is 8.63. The highest BCUT2D eigenvalue weighted by Gasteiger charge is 2.29. The van der Waals surface area contributed by atoms with Gasteiger partial charge in [-0.1, -0.05) is 18.2 Å². The van der Waals surface area contributed by atoms with Crippen LogP contribution in [0.4, 0.5) is 11.5 Å². The van der Waals surface area contributed by atoms with Crippen LogP contribution in [0.5, 0.6) is 0 Å². The van der Waals surface area contributed by atoms with Gasteiger partial charge in [-0.25, -0.2) is 4.98 Å². The smallest absolute Gasteiger partial charge is 0.228 e. The normalized spacial score (nSPS) is 13.7. The number of fused-ring (bicyclic) bond motifs is 1. The Kier molecular flexibility index (Phi) is 3.88. The summed E-state index contributed by atoms with van der Waals surface area (Å²) >= 11 is 0. The Morgan fingerprint density at radius 1 is 1.08 bits per heavy atom. The Balaban J connectivity index is 1.67. The van der Waals surface area contributed by atoms with Crippen molar-refractivity contribution in [2.75, 3.05) is 17.7 Å². The first-order chi connectivity index (χ1) is 12.1. The van der Waals surface area contributed by atoms with E-state index >= 15 is 0 Å². The minimum Gasteiger partial charge on any atom is -0.388 e. The molecule has 3 aromatic rings. The number of amides is 1. The van der Waals surface area contributed by atoms with Gasteiger partial charge >= 0.3 is 0 Å². The molecule has 25 heavy (non-hydrogen) atoms. The molecule has 2 aromatic carbocycles. The second-order valence-corrected chi connectivity index (χ2v) is 6.67. The number of nitrogens with zero attached hydrogens (tertiary/aromatic N) is 1. The highest BCUT2D eigenvalue weighted by molar-refractivity contribution is 5.96. The zero-order valence-corrected chi connectivity index (χ0v) is 14.5. The van der Waals surface area contributed by atoms with Gasteiger partial charge in [-0.3, -0.25) is 4.79 Å². The van der Waals surface area contributed by atoms with E-state index in [2.05, 4.69) is 58.9 Å². The van der Waals surface area contributed by atoms with Crippen molar-refractivity contribution < 1.29 is 4.79 Å². The van der Waals surface area contributed by atoms with Crippen LogP contribution in [0, 0.1) is 12.8 Å². The fraction of sp³-hybridized carbons (Fsp3) is 0.238. The van der Waals surface area contributed by atoms with Crippen LogP contribution < -0.4 is 10.6 Å². The van der Waals surface area contributed by atoms with Gasteiger partial charge in [-0.15, -0.1) is 0 Å². The van der Waals surface area contributed by atoms with E-state index in [1.807, 2.05) is 19.3 Å². The van der Waals surface area contributed by atoms with E-state index in [1.165, 1.54) is 16.7 Å². The molecule has 0 aliphatic heterocycles. The summed E-state index contributed by atoms with van der Waals surface area (Å²) in [5.74, 6) is 0.899. The number of hydrogen-bond donors (Lipinski definition) is 2. The first-order valence-electron chi connectivity index (χ1n) is 8.63. The molecule has 0 unspecified atom stereocenters. The summed E-state index contributed by atoms with van der Waals surface area (Å²) in [6.45, 7) is 2.12. The maximum absolute atomic E-state index is 11.9. The third-order valence-electron chi connectivity index (χ3n) is 4.76. The molecule has 0 atom stereocenters. The zero-order chi connectivity index (χ0) is 17.4. The van der Waals surface area contributed by atoms with Gasteiger partial charge in [0.15, 0.2) is 0 Å². The lowest BCUT2D eigenvalue weighted by Gasteiger charge is -2.11. The van der Waals surface area contributed by atoms with Crippen LogP contribution >= 0.6 is 0 Å². The Bertz CT molecular complexity index is 961. The molecule has 0 radical (unpaired) electrons. The molecule has 4 heteroatoms. The average molecular weight is 331 g/mol. The van der Waals surface area contributed by atoms with Crippen LogP contribution in [0.2, 0.25) is 0 Å². The van der Waals surface area contributed by atoms with Crippen molar-refractivity contribution in [1.29, 1.82) is 0 Å². The van der Waals surface area contributed by atoms with E-state index in [1.54, 1.807) is 0 Å². The van der Waals surface area contributed by atoms with Gasteiger partial charge in [-0.05, 0) is 66.1 Å². The third-order valence-corrected chi connectivity index (χ3v) is 4.76. The lowest BCUT2D eigenvalue weighted by atomic mass is 9.98. The third kappa shape index (κ3) is 3.20. The average Bonchev–Trinajstić information content (AvgIpc) is 3.47. The van der Waals surface area contributed by atoms with Gasteiger partial charge < -0.3 is 10.6 Å². The largest absolute Gasteiger partial charge is 0.388 e. The molecule has 126 valence electrons. The van der Waals surface area contributed by atoms with Crippen molar-refractivity contribution in [1.82, 2.24) is 4.98 Å². The summed E-state index contributed by atoms with van der Waals surface area (Å²) in [6.07, 6.45) is 3.82. The maximum atomic E-state index is 11.9. The van der Waals surface area contributed by atoms with E-state index in [0.29, 0.717) is 5.82 Å². The topological polar surface area (TPSA) is 54.0 Å². The second kappa shape index (κ2) is 6.20. The molecule has 1 heterocycles. The lowest BCUT2D eigenvalue weighted by molar-refractivity contribution is -0.117. The molecule has 1 aliphatic rings. The van der Waals surface area contributed by atoms with Gasteiger partial charge in [-0.2, -0.15) is 0 Å². The number of carbonyl (C=O) groups is 1. The van der Waals surface area contributed by atoms with Gasteiger partial charge in [0.05, 0.1) is 0 Å². The molecule has 0 spiro atoms. The van der Waals surface area contributed by atoms with Gasteiger partial charge in [0.1, 0.15) is 5.82 Å². The van der Waals surface area contributed by atoms with E-state index < -0.39 is 0 Å². The van der Waals surface area contributed by atoms with Gasteiger partial charge in [0, 0.05) is 30.2 Å². The maximum Gasteiger partial charge on any atom is 0.228 e. The molecule has 0 bridgehead atoms. The number of aryl methyl sites for hydroxylation is 1. The molecular formula is C21H21N3O. The number of benzene rings is 2. The van der Waals surface area contributed by atoms with E-state index in [9.17, 15) is 4.79 Å². The Morgan fingerprint density at radius 3 is 2.68 bits per heavy atom. The van der Waals surface area contributed by atoms with Crippen LogP contribution in [0.25, 0.3) is 21.9 Å². The molecule has 4 rings (SSSR count). The minimum absolute atomic E-state index is 0.0861. The number of aromatic nitrogens is 1. The van der Waals surface area contributed by atoms with Crippen molar-refractivity contribution in [3.05, 3.63) is 54.2 Å². The summed E-state index contributed by atoms with van der Waals surface area (Å²) in [4.78, 5) is 16.3. The van der Waals surface area contributed by atoms with E-state index in [-0.39, 0.29) is 11.8 Å². The van der Waals surface area contributed by atoms with E-state index in [0.717, 1.165) is 29.3 Å². The fourth-order valence-corrected chi connectivity index (χ4v) is 3.04. The molecule has 1 amide bonds. The van der Waals surface area contributed by atoms with Crippen molar-refractivity contribution in [2.24, 2.45) is 5.92 Å². The minimum atomic E-state index is 0.0861. The van der Waals surface area contributed by atoms with Crippen LogP contribution in [-0.4, -0.2) is 17.9 Å². The standard InChI is InChI=1S/C21H21N3O/c1-13-3-8-18(22-2)11-19(13)16-7-6-15-10-20(23-12-17(15)9-16)24-21(25)14-4-5-14/h3,6-12,14,22H,4-5H2,1-2H3,(H,23,24,25). The quantitative estimate of drug-likeness (QED) is 0.734. The second-order valence-electron chi connectivity index (χ2n) is 6.67. The monoisotopic (exact) mass is 331 g/mol. The van der Waals surface area contributed by atoms with Crippen LogP contribution in [0.15, 0.2) is 48.7 Å². The molecule has 1 aliphatic carbocycles. The molecule has 1 fully saturated rings. The van der Waals surface area contributed by atoms with Crippen LogP contribution in [0.1, 0.15) is 18.4 Å². The number of pyridine rings is 1. The first kappa shape index (κ1) is 15.6. The summed E-state index contributed by atoms with van der Waals surface area (Å²) in [6, 6.07) is 14.7. The number of carbonyl (C=O) groups excluding carboxylic acids is 1. The zero-order valence-electron chi connectivity index (χ0n) is 14.5. The van der Waals surface area contributed by atoms with Crippen LogP contribution in [0.3, 0.4) is 0 Å². The predicted octanol–water partition coefficient (Wildman–Crippen LogP) is 4.60. The molecule has 1 saturated carbocycles. The number of hydrogen-bond acceptors (Lipinski definition) is 3. The number of anilines is 2. The Labute approximate surface area is 147 Å². The fourth-order valence-electron chi connectivity index (χ4n) is 3.04. The van der Waals surface area contributed by atoms with Gasteiger partial charge in [0.25, 0.3) is 0 Å². The summed E-state index contributed by atoms with van der Waals surface area (Å²) < 4.78 is 0. The highest BCUT2D eigenvalue weighted by Crippen LogP contribution is 2.31. The van der Waals surface area contributed by atoms with Crippen molar-refractivity contribution in [2.45, 2.75) is 19.8 Å². The number of nitrogens with one attached hydrogen (secondary N) is 2.